The number of thioether (sulfide) groups is 1. The van der Waals surface area contributed by atoms with Crippen LogP contribution in [-0.4, -0.2) is 41.6 Å². The molecule has 3 aromatic heterocycles. The molecule has 3 aromatic rings. The molecule has 3 rings (SSSR count). The number of aryl methyl sites for hydroxylation is 1. The van der Waals surface area contributed by atoms with Gasteiger partial charge in [0.05, 0.1) is 5.75 Å². The molecule has 0 spiro atoms. The molecule has 0 aliphatic carbocycles. The number of pyridine rings is 1. The zero-order valence-electron chi connectivity index (χ0n) is 12.4. The van der Waals surface area contributed by atoms with E-state index in [9.17, 15) is 4.79 Å². The summed E-state index contributed by atoms with van der Waals surface area (Å²) in [5, 5.41) is 20.7. The maximum Gasteiger partial charge on any atom is 0.236 e. The molecule has 0 fully saturated rings. The SMILES string of the molecule is Cc1nnc(NC(=O)CSc2nnc(-c3ccncc3)n2C)s1. The second-order valence-electron chi connectivity index (χ2n) is 4.56. The van der Waals surface area contributed by atoms with Crippen molar-refractivity contribution in [3.8, 4) is 11.4 Å². The predicted octanol–water partition coefficient (Wildman–Crippen LogP) is 1.77. The van der Waals surface area contributed by atoms with E-state index in [1.165, 1.54) is 23.1 Å². The maximum atomic E-state index is 11.9. The zero-order valence-corrected chi connectivity index (χ0v) is 14.1. The Morgan fingerprint density at radius 3 is 2.74 bits per heavy atom. The highest BCUT2D eigenvalue weighted by atomic mass is 32.2. The smallest absolute Gasteiger partial charge is 0.236 e. The number of rotatable bonds is 5. The standard InChI is InChI=1S/C13H13N7OS2/c1-8-16-18-12(23-8)15-10(21)7-22-13-19-17-11(20(13)2)9-3-5-14-6-4-9/h3-6H,7H2,1-2H3,(H,15,18,21). The third-order valence-electron chi connectivity index (χ3n) is 2.88. The van der Waals surface area contributed by atoms with Gasteiger partial charge in [0.1, 0.15) is 5.01 Å². The molecule has 0 aromatic carbocycles. The molecule has 0 radical (unpaired) electrons. The number of carbonyl (C=O) groups is 1. The number of aromatic nitrogens is 6. The largest absolute Gasteiger partial charge is 0.305 e. The van der Waals surface area contributed by atoms with Gasteiger partial charge in [-0.25, -0.2) is 0 Å². The first kappa shape index (κ1) is 15.6. The number of hydrogen-bond acceptors (Lipinski definition) is 8. The Bertz CT molecular complexity index is 815. The predicted molar refractivity (Wildman–Crippen MR) is 88.2 cm³/mol. The Morgan fingerprint density at radius 1 is 1.26 bits per heavy atom. The summed E-state index contributed by atoms with van der Waals surface area (Å²) in [7, 11) is 1.87. The molecule has 118 valence electrons. The molecular formula is C13H13N7OS2. The van der Waals surface area contributed by atoms with Gasteiger partial charge in [-0.3, -0.25) is 15.1 Å². The Hall–Kier alpha value is -2.33. The summed E-state index contributed by atoms with van der Waals surface area (Å²) in [6.07, 6.45) is 3.41. The molecule has 0 aliphatic heterocycles. The summed E-state index contributed by atoms with van der Waals surface area (Å²) < 4.78 is 1.85. The first-order chi connectivity index (χ1) is 11.1. The first-order valence-corrected chi connectivity index (χ1v) is 8.46. The normalized spacial score (nSPS) is 10.7. The van der Waals surface area contributed by atoms with E-state index in [-0.39, 0.29) is 11.7 Å². The maximum absolute atomic E-state index is 11.9. The lowest BCUT2D eigenvalue weighted by Crippen LogP contribution is -2.14. The van der Waals surface area contributed by atoms with E-state index >= 15 is 0 Å². The van der Waals surface area contributed by atoms with Crippen LogP contribution in [-0.2, 0) is 11.8 Å². The third kappa shape index (κ3) is 3.71. The van der Waals surface area contributed by atoms with Crippen LogP contribution in [0.2, 0.25) is 0 Å². The second kappa shape index (κ2) is 6.84. The van der Waals surface area contributed by atoms with Gasteiger partial charge in [0.15, 0.2) is 11.0 Å². The van der Waals surface area contributed by atoms with Gasteiger partial charge < -0.3 is 4.57 Å². The molecular weight excluding hydrogens is 334 g/mol. The van der Waals surface area contributed by atoms with Crippen molar-refractivity contribution in [1.29, 1.82) is 0 Å². The quantitative estimate of drug-likeness (QED) is 0.702. The van der Waals surface area contributed by atoms with Gasteiger partial charge >= 0.3 is 0 Å². The van der Waals surface area contributed by atoms with Gasteiger partial charge in [-0.15, -0.1) is 20.4 Å². The molecule has 0 saturated heterocycles. The van der Waals surface area contributed by atoms with E-state index in [4.69, 9.17) is 0 Å². The highest BCUT2D eigenvalue weighted by molar-refractivity contribution is 7.99. The van der Waals surface area contributed by atoms with Crippen LogP contribution in [0.1, 0.15) is 5.01 Å². The lowest BCUT2D eigenvalue weighted by Gasteiger charge is -2.03. The molecule has 1 amide bonds. The van der Waals surface area contributed by atoms with Crippen LogP contribution in [0.4, 0.5) is 5.13 Å². The zero-order chi connectivity index (χ0) is 16.2. The fourth-order valence-electron chi connectivity index (χ4n) is 1.83. The van der Waals surface area contributed by atoms with Crippen LogP contribution in [0, 0.1) is 6.92 Å². The molecule has 23 heavy (non-hydrogen) atoms. The highest BCUT2D eigenvalue weighted by Gasteiger charge is 2.13. The minimum Gasteiger partial charge on any atom is -0.305 e. The van der Waals surface area contributed by atoms with Gasteiger partial charge in [0.25, 0.3) is 0 Å². The molecule has 1 N–H and O–H groups in total. The van der Waals surface area contributed by atoms with E-state index in [2.05, 4.69) is 30.7 Å². The monoisotopic (exact) mass is 347 g/mol. The summed E-state index contributed by atoms with van der Waals surface area (Å²) >= 11 is 2.65. The van der Waals surface area contributed by atoms with E-state index in [0.29, 0.717) is 10.3 Å². The summed E-state index contributed by atoms with van der Waals surface area (Å²) in [4.78, 5) is 15.9. The molecule has 0 bridgehead atoms. The molecule has 0 unspecified atom stereocenters. The number of hydrogen-bond donors (Lipinski definition) is 1. The van der Waals surface area contributed by atoms with Crippen molar-refractivity contribution < 1.29 is 4.79 Å². The lowest BCUT2D eigenvalue weighted by atomic mass is 10.2. The van der Waals surface area contributed by atoms with Crippen molar-refractivity contribution in [2.24, 2.45) is 7.05 Å². The van der Waals surface area contributed by atoms with Crippen LogP contribution >= 0.6 is 23.1 Å². The van der Waals surface area contributed by atoms with Crippen molar-refractivity contribution in [2.75, 3.05) is 11.1 Å². The lowest BCUT2D eigenvalue weighted by molar-refractivity contribution is -0.113. The van der Waals surface area contributed by atoms with E-state index < -0.39 is 0 Å². The summed E-state index contributed by atoms with van der Waals surface area (Å²) in [6, 6.07) is 3.73. The van der Waals surface area contributed by atoms with Gasteiger partial charge in [0, 0.05) is 25.0 Å². The van der Waals surface area contributed by atoms with E-state index in [1.807, 2.05) is 30.7 Å². The summed E-state index contributed by atoms with van der Waals surface area (Å²) in [5.74, 6) is 0.802. The van der Waals surface area contributed by atoms with Crippen LogP contribution in [0.5, 0.6) is 0 Å². The number of anilines is 1. The Balaban J connectivity index is 1.63. The van der Waals surface area contributed by atoms with Crippen molar-refractivity contribution in [3.63, 3.8) is 0 Å². The van der Waals surface area contributed by atoms with Crippen molar-refractivity contribution in [2.45, 2.75) is 12.1 Å². The van der Waals surface area contributed by atoms with Crippen molar-refractivity contribution >= 4 is 34.1 Å². The molecule has 0 aliphatic rings. The highest BCUT2D eigenvalue weighted by Crippen LogP contribution is 2.22. The van der Waals surface area contributed by atoms with Gasteiger partial charge in [-0.1, -0.05) is 23.1 Å². The molecule has 3 heterocycles. The number of nitrogens with one attached hydrogen (secondary N) is 1. The molecule has 8 nitrogen and oxygen atoms in total. The third-order valence-corrected chi connectivity index (χ3v) is 4.65. The van der Waals surface area contributed by atoms with Crippen LogP contribution in [0.15, 0.2) is 29.7 Å². The molecule has 0 atom stereocenters. The van der Waals surface area contributed by atoms with Crippen LogP contribution in [0.25, 0.3) is 11.4 Å². The summed E-state index contributed by atoms with van der Waals surface area (Å²) in [5.41, 5.74) is 0.927. The molecule has 10 heteroatoms. The fourth-order valence-corrected chi connectivity index (χ4v) is 3.14. The fraction of sp³-hybridized carbons (Fsp3) is 0.231. The average molecular weight is 347 g/mol. The van der Waals surface area contributed by atoms with Gasteiger partial charge in [-0.2, -0.15) is 0 Å². The van der Waals surface area contributed by atoms with Crippen LogP contribution < -0.4 is 5.32 Å². The van der Waals surface area contributed by atoms with Crippen molar-refractivity contribution in [3.05, 3.63) is 29.5 Å². The van der Waals surface area contributed by atoms with Crippen LogP contribution in [0.3, 0.4) is 0 Å². The second-order valence-corrected chi connectivity index (χ2v) is 6.69. The number of carbonyl (C=O) groups excluding carboxylic acids is 1. The summed E-state index contributed by atoms with van der Waals surface area (Å²) in [6.45, 7) is 1.84. The molecule has 0 saturated carbocycles. The number of amides is 1. The topological polar surface area (TPSA) is 98.5 Å². The van der Waals surface area contributed by atoms with Crippen molar-refractivity contribution in [1.82, 2.24) is 29.9 Å². The van der Waals surface area contributed by atoms with Gasteiger partial charge in [0.2, 0.25) is 11.0 Å². The minimum absolute atomic E-state index is 0.153. The van der Waals surface area contributed by atoms with Gasteiger partial charge in [-0.05, 0) is 19.1 Å². The number of nitrogens with zero attached hydrogens (tertiary/aromatic N) is 6. The van der Waals surface area contributed by atoms with E-state index in [0.717, 1.165) is 16.4 Å². The first-order valence-electron chi connectivity index (χ1n) is 6.66. The Morgan fingerprint density at radius 2 is 2.04 bits per heavy atom. The Labute approximate surface area is 140 Å². The van der Waals surface area contributed by atoms with E-state index in [1.54, 1.807) is 12.4 Å². The Kier molecular flexibility index (Phi) is 4.63. The minimum atomic E-state index is -0.153. The average Bonchev–Trinajstić information content (AvgIpc) is 3.12.